The molecule has 58 heavy (non-hydrogen) atoms. The van der Waals surface area contributed by atoms with Crippen molar-refractivity contribution in [3.63, 3.8) is 0 Å². The number of Topliss-reactive ketones (excluding diaryl/α,β-unsaturated/α-hetero) is 1. The van der Waals surface area contributed by atoms with Gasteiger partial charge in [0.05, 0.1) is 83.6 Å². The minimum absolute atomic E-state index is 0. The molecule has 3 rings (SSSR count). The van der Waals surface area contributed by atoms with Crippen LogP contribution in [0.3, 0.4) is 0 Å². The number of halogens is 1. The van der Waals surface area contributed by atoms with E-state index < -0.39 is 11.2 Å². The van der Waals surface area contributed by atoms with Crippen LogP contribution < -0.4 is 16.4 Å². The molecule has 0 aromatic heterocycles. The molecule has 3 saturated heterocycles. The van der Waals surface area contributed by atoms with Crippen LogP contribution in [0.1, 0.15) is 111 Å². The van der Waals surface area contributed by atoms with Gasteiger partial charge in [0.2, 0.25) is 0 Å². The first kappa shape index (κ1) is 62.7. The number of aliphatic hydroxyl groups excluding tert-OH is 4. The van der Waals surface area contributed by atoms with E-state index in [9.17, 15) is 14.4 Å². The van der Waals surface area contributed by atoms with Crippen molar-refractivity contribution in [2.75, 3.05) is 66.1 Å². The third-order valence-corrected chi connectivity index (χ3v) is 7.48. The molecule has 0 bridgehead atoms. The first-order valence-electron chi connectivity index (χ1n) is 20.1. The zero-order valence-corrected chi connectivity index (χ0v) is 39.5. The number of nitrogens with two attached hydrogens (primary N) is 1. The van der Waals surface area contributed by atoms with E-state index in [1.165, 1.54) is 6.92 Å². The Bertz CT molecular complexity index is 965. The Labute approximate surface area is 356 Å². The Kier molecular flexibility index (Phi) is 36.5. The zero-order valence-electron chi connectivity index (χ0n) is 38.7. The molecule has 3 aliphatic heterocycles. The van der Waals surface area contributed by atoms with E-state index in [1.807, 2.05) is 83.1 Å². The number of hydrogen-bond acceptors (Lipinski definition) is 15. The molecule has 0 radical (unpaired) electrons. The molecule has 0 aromatic rings. The van der Waals surface area contributed by atoms with E-state index in [1.54, 1.807) is 16.7 Å². The molecule has 0 aliphatic carbocycles. The lowest BCUT2D eigenvalue weighted by Gasteiger charge is -2.39. The number of carbonyl (C=O) groups excluding carboxylic acids is 3. The first-order valence-corrected chi connectivity index (χ1v) is 20.1. The van der Waals surface area contributed by atoms with E-state index in [0.717, 1.165) is 13.2 Å². The van der Waals surface area contributed by atoms with E-state index in [4.69, 9.17) is 49.8 Å². The Balaban J connectivity index is -0.000000316. The van der Waals surface area contributed by atoms with Crippen LogP contribution in [0.25, 0.3) is 0 Å². The third kappa shape index (κ3) is 34.9. The maximum absolute atomic E-state index is 11.9. The highest BCUT2D eigenvalue weighted by molar-refractivity contribution is 5.85. The van der Waals surface area contributed by atoms with Crippen molar-refractivity contribution in [2.24, 2.45) is 5.73 Å². The normalized spacial score (nSPS) is 24.4. The average Bonchev–Trinajstić information content (AvgIpc) is 3.07. The highest BCUT2D eigenvalue weighted by atomic mass is 35.5. The summed E-state index contributed by atoms with van der Waals surface area (Å²) in [6.45, 7) is 34.3. The lowest BCUT2D eigenvalue weighted by atomic mass is 10.2. The van der Waals surface area contributed by atoms with Crippen LogP contribution in [0.5, 0.6) is 0 Å². The van der Waals surface area contributed by atoms with Gasteiger partial charge in [-0.05, 0) is 111 Å². The predicted octanol–water partition coefficient (Wildman–Crippen LogP) is 3.10. The molecule has 18 heteroatoms. The van der Waals surface area contributed by atoms with Crippen molar-refractivity contribution in [1.29, 1.82) is 0 Å². The van der Waals surface area contributed by atoms with Crippen LogP contribution in [0.4, 0.5) is 9.59 Å². The Hall–Kier alpha value is -1.90. The number of amides is 2. The fourth-order valence-corrected chi connectivity index (χ4v) is 4.95. The summed E-state index contributed by atoms with van der Waals surface area (Å²) in [7, 11) is 0. The van der Waals surface area contributed by atoms with Crippen LogP contribution in [0, 0.1) is 0 Å². The van der Waals surface area contributed by atoms with Gasteiger partial charge in [0.25, 0.3) is 0 Å². The number of ether oxygens (including phenoxy) is 5. The van der Waals surface area contributed by atoms with E-state index in [-0.39, 0.29) is 99.1 Å². The summed E-state index contributed by atoms with van der Waals surface area (Å²) in [6.07, 6.45) is -0.489. The molecule has 3 heterocycles. The first-order chi connectivity index (χ1) is 26.2. The van der Waals surface area contributed by atoms with Crippen LogP contribution in [-0.2, 0) is 28.5 Å². The summed E-state index contributed by atoms with van der Waals surface area (Å²) in [5, 5.41) is 39.2. The number of hydrogen-bond donors (Lipinski definition) is 7. The average molecular weight is 865 g/mol. The largest absolute Gasteiger partial charge is 0.444 e. The van der Waals surface area contributed by atoms with Gasteiger partial charge in [0.15, 0.2) is 5.78 Å². The third-order valence-electron chi connectivity index (χ3n) is 7.48. The molecule has 3 fully saturated rings. The fraction of sp³-hybridized carbons (Fsp3) is 0.925. The summed E-state index contributed by atoms with van der Waals surface area (Å²) in [5.41, 5.74) is 4.17. The van der Waals surface area contributed by atoms with Crippen molar-refractivity contribution in [3.05, 3.63) is 0 Å². The zero-order chi connectivity index (χ0) is 45.1. The Morgan fingerprint density at radius 1 is 0.655 bits per heavy atom. The summed E-state index contributed by atoms with van der Waals surface area (Å²) in [6, 6.07) is 1.52. The number of aliphatic hydroxyl groups is 4. The minimum Gasteiger partial charge on any atom is -0.444 e. The van der Waals surface area contributed by atoms with Gasteiger partial charge in [0.1, 0.15) is 17.8 Å². The maximum Gasteiger partial charge on any atom is 0.410 e. The van der Waals surface area contributed by atoms with Gasteiger partial charge in [-0.2, -0.15) is 0 Å². The number of rotatable bonds is 6. The van der Waals surface area contributed by atoms with Gasteiger partial charge in [0, 0.05) is 30.2 Å². The smallest absolute Gasteiger partial charge is 0.410 e. The molecule has 8 N–H and O–H groups in total. The molecule has 2 unspecified atom stereocenters. The van der Waals surface area contributed by atoms with E-state index in [0.29, 0.717) is 38.5 Å². The predicted molar refractivity (Wildman–Crippen MR) is 230 cm³/mol. The van der Waals surface area contributed by atoms with Crippen molar-refractivity contribution >= 4 is 30.4 Å². The van der Waals surface area contributed by atoms with E-state index in [2.05, 4.69) is 24.5 Å². The number of nitrogens with zero attached hydrogens (tertiary/aromatic N) is 2. The second-order valence-corrected chi connectivity index (χ2v) is 17.1. The molecular weight excluding hydrogens is 778 g/mol. The van der Waals surface area contributed by atoms with Gasteiger partial charge in [-0.3, -0.25) is 14.6 Å². The lowest BCUT2D eigenvalue weighted by Crippen LogP contribution is -2.53. The van der Waals surface area contributed by atoms with Crippen molar-refractivity contribution in [2.45, 2.75) is 176 Å². The molecule has 2 amide bonds. The number of nitrogens with one attached hydrogen (secondary N) is 2. The van der Waals surface area contributed by atoms with E-state index >= 15 is 0 Å². The van der Waals surface area contributed by atoms with Gasteiger partial charge in [-0.25, -0.2) is 9.59 Å². The summed E-state index contributed by atoms with van der Waals surface area (Å²) >= 11 is 0. The van der Waals surface area contributed by atoms with Crippen molar-refractivity contribution in [1.82, 2.24) is 20.4 Å². The molecule has 0 saturated carbocycles. The Morgan fingerprint density at radius 3 is 1.09 bits per heavy atom. The molecular formula is C40H86ClN5O12. The van der Waals surface area contributed by atoms with Crippen LogP contribution in [0.2, 0.25) is 0 Å². The van der Waals surface area contributed by atoms with Crippen molar-refractivity contribution in [3.8, 4) is 0 Å². The highest BCUT2D eigenvalue weighted by Crippen LogP contribution is 2.19. The Morgan fingerprint density at radius 2 is 0.914 bits per heavy atom. The molecule has 3 aliphatic rings. The standard InChI is InChI=1S/2C11H21NO3.C6H15NO2.C6H13NO.C3H9NO.C3H6O2.ClH/c2*1-8-6-14-7-9(2)12(8)10(13)15-11(3,4)5;1-5(3-8)7-6(2)4-9;1-5-3-8-4-6(2)7-5;1-3(4)2-5;1-3(5)2-4;/h2*8-9H,6-7H2,1-5H3;5-9H,3-4H2,1-2H3;5-7H,3-4H2,1-2H3;3,5H,2,4H2,1H3;4H,2H2,1H3;1H/t8-,9+;8-,9-;2*5-,6?;3-;;/m.1111../s1. The minimum atomic E-state index is -0.436. The molecule has 0 aromatic carbocycles. The monoisotopic (exact) mass is 864 g/mol. The van der Waals surface area contributed by atoms with Crippen LogP contribution >= 0.6 is 12.4 Å². The lowest BCUT2D eigenvalue weighted by molar-refractivity contribution is -0.119. The van der Waals surface area contributed by atoms with Crippen molar-refractivity contribution < 1.29 is 58.5 Å². The molecule has 17 nitrogen and oxygen atoms in total. The number of ketones is 1. The quantitative estimate of drug-likeness (QED) is 0.203. The van der Waals surface area contributed by atoms with Gasteiger partial charge >= 0.3 is 12.2 Å². The summed E-state index contributed by atoms with van der Waals surface area (Å²) < 4.78 is 26.6. The van der Waals surface area contributed by atoms with Gasteiger partial charge in [-0.1, -0.05) is 0 Å². The second-order valence-electron chi connectivity index (χ2n) is 17.1. The number of morpholine rings is 3. The molecule has 350 valence electrons. The highest BCUT2D eigenvalue weighted by Gasteiger charge is 2.34. The molecule has 0 spiro atoms. The number of carbonyl (C=O) groups is 3. The SMILES string of the molecule is CC(=O)CO.CC(CO)N[C@H](C)CO.CC1COC[C@@H](C)N1.C[C@@H](N)CO.C[C@@H]1COC[C@@H](C)N1C(=O)OC(C)(C)C.C[C@@H]1COC[C@H](C)N1C(=O)OC(C)(C)C.Cl. The summed E-state index contributed by atoms with van der Waals surface area (Å²) in [5.74, 6) is -0.190. The van der Waals surface area contributed by atoms with Crippen LogP contribution in [-0.4, -0.2) is 180 Å². The second kappa shape index (κ2) is 33.8. The van der Waals surface area contributed by atoms with Gasteiger partial charge in [-0.15, -0.1) is 12.4 Å². The maximum atomic E-state index is 11.9. The topological polar surface area (TPSA) is 235 Å². The van der Waals surface area contributed by atoms with Gasteiger partial charge < -0.3 is 60.5 Å². The molecule has 9 atom stereocenters. The fourth-order valence-electron chi connectivity index (χ4n) is 4.95. The van der Waals surface area contributed by atoms with Crippen LogP contribution in [0.15, 0.2) is 0 Å². The summed E-state index contributed by atoms with van der Waals surface area (Å²) in [4.78, 5) is 36.8.